The molecule has 5 aromatic rings. The van der Waals surface area contributed by atoms with Gasteiger partial charge in [-0.2, -0.15) is 13.2 Å². The number of ether oxygens (including phenoxy) is 1. The van der Waals surface area contributed by atoms with Gasteiger partial charge in [0.05, 0.1) is 29.8 Å². The zero-order valence-corrected chi connectivity index (χ0v) is 29.8. The summed E-state index contributed by atoms with van der Waals surface area (Å²) >= 11 is 15.6. The van der Waals surface area contributed by atoms with Crippen LogP contribution in [0.5, 0.6) is 5.75 Å². The molecule has 2 aromatic heterocycles. The van der Waals surface area contributed by atoms with Crippen molar-refractivity contribution in [2.24, 2.45) is 4.99 Å². The number of halogens is 5. The van der Waals surface area contributed by atoms with Crippen LogP contribution >= 0.6 is 45.9 Å². The number of carbonyl (C=O) groups is 1. The Kier molecular flexibility index (Phi) is 12.9. The Morgan fingerprint density at radius 1 is 1.00 bits per heavy atom. The average molecular weight is 774 g/mol. The molecule has 5 rings (SSSR count). The van der Waals surface area contributed by atoms with E-state index in [0.29, 0.717) is 35.2 Å². The molecular formula is C32H29Cl2F3N4O5S3. The van der Waals surface area contributed by atoms with Crippen LogP contribution in [-0.4, -0.2) is 55.1 Å². The molecule has 0 aliphatic heterocycles. The van der Waals surface area contributed by atoms with Gasteiger partial charge in [0.2, 0.25) is 10.0 Å². The molecule has 0 amide bonds. The lowest BCUT2D eigenvalue weighted by atomic mass is 10.1. The first kappa shape index (κ1) is 37.9. The summed E-state index contributed by atoms with van der Waals surface area (Å²) in [7, 11) is -1.70. The van der Waals surface area contributed by atoms with Gasteiger partial charge in [0.25, 0.3) is 0 Å². The van der Waals surface area contributed by atoms with E-state index in [0.717, 1.165) is 56.3 Å². The Morgan fingerprint density at radius 2 is 1.65 bits per heavy atom. The van der Waals surface area contributed by atoms with Crippen LogP contribution in [0.1, 0.15) is 10.6 Å². The average Bonchev–Trinajstić information content (AvgIpc) is 3.68. The monoisotopic (exact) mass is 772 g/mol. The number of aliphatic carboxylic acids is 1. The third kappa shape index (κ3) is 11.3. The largest absolute Gasteiger partial charge is 0.497 e. The summed E-state index contributed by atoms with van der Waals surface area (Å²) in [5.74, 6) is -1.95. The predicted molar refractivity (Wildman–Crippen MR) is 188 cm³/mol. The molecule has 0 saturated heterocycles. The number of rotatable bonds is 11. The maximum Gasteiger partial charge on any atom is 0.490 e. The summed E-state index contributed by atoms with van der Waals surface area (Å²) in [5, 5.41) is 13.5. The number of aryl methyl sites for hydroxylation is 1. The van der Waals surface area contributed by atoms with Crippen LogP contribution in [-0.2, 0) is 34.2 Å². The van der Waals surface area contributed by atoms with E-state index in [-0.39, 0.29) is 0 Å². The Balaban J connectivity index is 0.000000698. The lowest BCUT2D eigenvalue weighted by molar-refractivity contribution is -0.192. The lowest BCUT2D eigenvalue weighted by Crippen LogP contribution is -2.21. The molecule has 0 radical (unpaired) electrons. The fraction of sp³-hybridized carbons (Fsp3) is 0.219. The van der Waals surface area contributed by atoms with Crippen LogP contribution in [0.4, 0.5) is 18.9 Å². The number of carboxylic acid groups (broad SMARTS) is 1. The van der Waals surface area contributed by atoms with Crippen LogP contribution in [0.25, 0.3) is 22.5 Å². The van der Waals surface area contributed by atoms with Gasteiger partial charge >= 0.3 is 12.1 Å². The topological polar surface area (TPSA) is 123 Å². The highest BCUT2D eigenvalue weighted by Crippen LogP contribution is 2.27. The number of anilines is 1. The highest BCUT2D eigenvalue weighted by Gasteiger charge is 2.38. The van der Waals surface area contributed by atoms with Crippen molar-refractivity contribution in [2.45, 2.75) is 25.6 Å². The van der Waals surface area contributed by atoms with Gasteiger partial charge < -0.3 is 14.4 Å². The van der Waals surface area contributed by atoms with E-state index < -0.39 is 22.2 Å². The molecule has 2 heterocycles. The molecule has 0 aliphatic rings. The van der Waals surface area contributed by atoms with Crippen molar-refractivity contribution in [3.8, 4) is 28.3 Å². The molecule has 0 bridgehead atoms. The van der Waals surface area contributed by atoms with Crippen LogP contribution in [0, 0.1) is 0 Å². The summed E-state index contributed by atoms with van der Waals surface area (Å²) in [6, 6.07) is 20.8. The smallest absolute Gasteiger partial charge is 0.490 e. The van der Waals surface area contributed by atoms with E-state index >= 15 is 0 Å². The van der Waals surface area contributed by atoms with Gasteiger partial charge in [-0.25, -0.2) is 18.2 Å². The highest BCUT2D eigenvalue weighted by atomic mass is 35.5. The number of aromatic nitrogens is 2. The van der Waals surface area contributed by atoms with E-state index in [1.165, 1.54) is 0 Å². The molecule has 0 saturated carbocycles. The van der Waals surface area contributed by atoms with Gasteiger partial charge in [-0.1, -0.05) is 41.4 Å². The van der Waals surface area contributed by atoms with Crippen LogP contribution in [0.3, 0.4) is 0 Å². The van der Waals surface area contributed by atoms with Crippen LogP contribution in [0.15, 0.2) is 82.5 Å². The minimum absolute atomic E-state index is 0.515. The van der Waals surface area contributed by atoms with Gasteiger partial charge in [-0.15, -0.1) is 22.7 Å². The number of benzene rings is 3. The van der Waals surface area contributed by atoms with Crippen molar-refractivity contribution in [2.75, 3.05) is 24.6 Å². The van der Waals surface area contributed by atoms with Crippen molar-refractivity contribution in [1.82, 2.24) is 9.55 Å². The number of hydrogen-bond donors (Lipinski definition) is 2. The molecule has 9 nitrogen and oxygen atoms in total. The molecule has 0 aliphatic carbocycles. The third-order valence-corrected chi connectivity index (χ3v) is 9.66. The van der Waals surface area contributed by atoms with E-state index in [1.54, 1.807) is 48.0 Å². The number of hydrogen-bond acceptors (Lipinski definition) is 8. The van der Waals surface area contributed by atoms with Gasteiger partial charge in [0.15, 0.2) is 4.80 Å². The molecule has 2 N–H and O–H groups in total. The molecule has 49 heavy (non-hydrogen) atoms. The second kappa shape index (κ2) is 16.7. The minimum atomic E-state index is -5.08. The van der Waals surface area contributed by atoms with Crippen molar-refractivity contribution in [3.63, 3.8) is 0 Å². The number of nitrogens with zero attached hydrogens (tertiary/aromatic N) is 3. The number of thiazole rings is 2. The number of methoxy groups -OCH3 is 1. The molecule has 260 valence electrons. The standard InChI is InChI=1S/C30H28Cl2N4O3S3.C2HF3O2/c1-39-25-11-6-21(7-12-25)27-18-40-29(34-27)14-16-36-28(22-4-9-24(10-5-22)35-42(2,37)38)19-41-30(36)33-15-13-20-3-8-23(31)17-26(20)32;3-2(4,5)1(6)7/h3-12,17-19,35H,13-16H2,1-2H3;(H,6,7). The number of nitrogens with one attached hydrogen (secondary N) is 1. The van der Waals surface area contributed by atoms with Gasteiger partial charge in [-0.3, -0.25) is 9.71 Å². The van der Waals surface area contributed by atoms with Crippen molar-refractivity contribution in [1.29, 1.82) is 0 Å². The van der Waals surface area contributed by atoms with Gasteiger partial charge in [0.1, 0.15) is 5.75 Å². The fourth-order valence-electron chi connectivity index (χ4n) is 4.35. The third-order valence-electron chi connectivity index (χ3n) is 6.65. The molecule has 3 aromatic carbocycles. The maximum atomic E-state index is 11.6. The Labute approximate surface area is 298 Å². The number of sulfonamides is 1. The summed E-state index contributed by atoms with van der Waals surface area (Å²) < 4.78 is 65.0. The Morgan fingerprint density at radius 3 is 2.24 bits per heavy atom. The van der Waals surface area contributed by atoms with E-state index in [4.69, 9.17) is 47.8 Å². The van der Waals surface area contributed by atoms with E-state index in [1.807, 2.05) is 48.5 Å². The number of carboxylic acids is 1. The first-order chi connectivity index (χ1) is 23.1. The Bertz CT molecular complexity index is 2060. The summed E-state index contributed by atoms with van der Waals surface area (Å²) in [4.78, 5) is 19.6. The van der Waals surface area contributed by atoms with Gasteiger partial charge in [-0.05, 0) is 66.1 Å². The second-order valence-corrected chi connectivity index (χ2v) is 14.7. The normalized spacial score (nSPS) is 11.9. The van der Waals surface area contributed by atoms with E-state index in [9.17, 15) is 21.6 Å². The molecule has 0 unspecified atom stereocenters. The molecular weight excluding hydrogens is 744 g/mol. The first-order valence-corrected chi connectivity index (χ1v) is 18.6. The van der Waals surface area contributed by atoms with Crippen molar-refractivity contribution in [3.05, 3.63) is 103 Å². The van der Waals surface area contributed by atoms with E-state index in [2.05, 4.69) is 20.0 Å². The minimum Gasteiger partial charge on any atom is -0.497 e. The Hall–Kier alpha value is -3.89. The molecule has 0 spiro atoms. The summed E-state index contributed by atoms with van der Waals surface area (Å²) in [5.41, 5.74) is 5.46. The fourth-order valence-corrected chi connectivity index (χ4v) is 7.18. The molecule has 17 heteroatoms. The van der Waals surface area contributed by atoms with Crippen molar-refractivity contribution >= 4 is 67.6 Å². The maximum absolute atomic E-state index is 11.6. The summed E-state index contributed by atoms with van der Waals surface area (Å²) in [6.07, 6.45) is -2.53. The van der Waals surface area contributed by atoms with Crippen molar-refractivity contribution < 1.29 is 36.2 Å². The van der Waals surface area contributed by atoms with Gasteiger partial charge in [0, 0.05) is 51.6 Å². The second-order valence-electron chi connectivity index (χ2n) is 10.3. The van der Waals surface area contributed by atoms with Crippen LogP contribution < -0.4 is 14.3 Å². The SMILES string of the molecule is COc1ccc(-c2csc(CCn3c(-c4ccc(NS(C)(=O)=O)cc4)csc3=NCCc3ccc(Cl)cc3Cl)n2)cc1.O=C(O)C(F)(F)F. The zero-order chi connectivity index (χ0) is 35.8. The number of alkyl halides is 3. The quantitative estimate of drug-likeness (QED) is 0.140. The summed E-state index contributed by atoms with van der Waals surface area (Å²) in [6.45, 7) is 1.25. The van der Waals surface area contributed by atoms with Crippen LogP contribution in [0.2, 0.25) is 10.0 Å². The highest BCUT2D eigenvalue weighted by molar-refractivity contribution is 7.92. The zero-order valence-electron chi connectivity index (χ0n) is 25.9. The lowest BCUT2D eigenvalue weighted by Gasteiger charge is -2.10. The molecule has 0 atom stereocenters. The predicted octanol–water partition coefficient (Wildman–Crippen LogP) is 8.05. The first-order valence-electron chi connectivity index (χ1n) is 14.2. The molecule has 0 fully saturated rings.